The lowest BCUT2D eigenvalue weighted by Crippen LogP contribution is -2.55. The number of unbranched alkanes of at least 4 members (excludes halogenated alkanes) is 6. The molecule has 4 amide bonds. The molecule has 0 aliphatic carbocycles. The molecule has 210 valence electrons. The molecule has 0 saturated carbocycles. The minimum Gasteiger partial charge on any atom is -0.355 e. The van der Waals surface area contributed by atoms with Gasteiger partial charge in [0.05, 0.1) is 0 Å². The number of hydrogen-bond acceptors (Lipinski definition) is 5. The summed E-state index contributed by atoms with van der Waals surface area (Å²) in [6, 6.07) is -1.51. The van der Waals surface area contributed by atoms with Gasteiger partial charge in [0, 0.05) is 18.9 Å². The van der Waals surface area contributed by atoms with Gasteiger partial charge in [0.2, 0.25) is 23.6 Å². The van der Waals surface area contributed by atoms with E-state index >= 15 is 0 Å². The summed E-state index contributed by atoms with van der Waals surface area (Å²) in [6.07, 6.45) is 8.83. The van der Waals surface area contributed by atoms with Crippen LogP contribution in [0.4, 0.5) is 0 Å². The molecule has 0 rings (SSSR count). The van der Waals surface area contributed by atoms with Crippen molar-refractivity contribution in [2.45, 2.75) is 124 Å². The monoisotopic (exact) mass is 512 g/mol. The Morgan fingerprint density at radius 2 is 1.19 bits per heavy atom. The predicted molar refractivity (Wildman–Crippen MR) is 142 cm³/mol. The van der Waals surface area contributed by atoms with E-state index in [1.807, 2.05) is 34.6 Å². The highest BCUT2D eigenvalue weighted by Gasteiger charge is 2.30. The Morgan fingerprint density at radius 3 is 1.69 bits per heavy atom. The summed E-state index contributed by atoms with van der Waals surface area (Å²) in [5.74, 6) is -2.00. The molecular weight excluding hydrogens is 460 g/mol. The van der Waals surface area contributed by atoms with E-state index in [1.165, 1.54) is 19.3 Å². The highest BCUT2D eigenvalue weighted by Crippen LogP contribution is 2.17. The van der Waals surface area contributed by atoms with Gasteiger partial charge in [0.1, 0.15) is 12.1 Å². The smallest absolute Gasteiger partial charge is 0.244 e. The first kappa shape index (κ1) is 33.8. The first-order valence-electron chi connectivity index (χ1n) is 13.9. The van der Waals surface area contributed by atoms with E-state index in [0.29, 0.717) is 25.8 Å². The van der Waals surface area contributed by atoms with Crippen molar-refractivity contribution in [3.8, 4) is 0 Å². The van der Waals surface area contributed by atoms with Gasteiger partial charge in [-0.1, -0.05) is 79.6 Å². The average Bonchev–Trinajstić information content (AvgIpc) is 2.81. The van der Waals surface area contributed by atoms with Crippen molar-refractivity contribution in [3.63, 3.8) is 0 Å². The maximum absolute atomic E-state index is 13.2. The molecule has 0 fully saturated rings. The summed E-state index contributed by atoms with van der Waals surface area (Å²) in [7, 11) is 0. The van der Waals surface area contributed by atoms with Crippen molar-refractivity contribution in [1.82, 2.24) is 21.4 Å². The van der Waals surface area contributed by atoms with E-state index in [2.05, 4.69) is 22.9 Å². The fourth-order valence-electron chi connectivity index (χ4n) is 4.21. The Balaban J connectivity index is 5.30. The van der Waals surface area contributed by atoms with E-state index in [9.17, 15) is 19.2 Å². The maximum atomic E-state index is 13.2. The van der Waals surface area contributed by atoms with Crippen LogP contribution in [0.5, 0.6) is 0 Å². The normalized spacial score (nSPS) is 13.7. The van der Waals surface area contributed by atoms with E-state index in [0.717, 1.165) is 25.7 Å². The van der Waals surface area contributed by atoms with Gasteiger partial charge in [-0.3, -0.25) is 24.4 Å². The summed E-state index contributed by atoms with van der Waals surface area (Å²) in [5.41, 5.74) is 1.61. The van der Waals surface area contributed by atoms with Crippen molar-refractivity contribution in [3.05, 3.63) is 0 Å². The first-order valence-corrected chi connectivity index (χ1v) is 13.9. The lowest BCUT2D eigenvalue weighted by molar-refractivity contribution is -0.137. The number of carbonyl (C=O) groups excluding carboxylic acids is 4. The van der Waals surface area contributed by atoms with Crippen LogP contribution in [0.1, 0.15) is 112 Å². The second-order valence-corrected chi connectivity index (χ2v) is 10.6. The van der Waals surface area contributed by atoms with Gasteiger partial charge in [0.15, 0.2) is 0 Å². The standard InChI is InChI=1S/C27H52N4O5/c1-7-9-10-11-12-13-14-15-21(18-24(32)31-36)25(33)29-23(17-20(5)6)27(35)30-22(16-19(3)4)26(34)28-8-2/h19-23,36H,7-18H2,1-6H3,(H,28,34)(H,29,33)(H,30,35)(H,31,32)/t21-,22+,23+/m1/s1. The molecule has 9 heteroatoms. The largest absolute Gasteiger partial charge is 0.355 e. The molecule has 3 atom stereocenters. The minimum atomic E-state index is -0.824. The van der Waals surface area contributed by atoms with E-state index in [4.69, 9.17) is 5.21 Å². The lowest BCUT2D eigenvalue weighted by atomic mass is 9.94. The Morgan fingerprint density at radius 1 is 0.694 bits per heavy atom. The highest BCUT2D eigenvalue weighted by molar-refractivity contribution is 5.93. The van der Waals surface area contributed by atoms with Crippen molar-refractivity contribution in [1.29, 1.82) is 0 Å². The van der Waals surface area contributed by atoms with E-state index in [-0.39, 0.29) is 30.1 Å². The molecule has 0 spiro atoms. The molecule has 0 aliphatic heterocycles. The van der Waals surface area contributed by atoms with Crippen LogP contribution in [0.2, 0.25) is 0 Å². The number of amides is 4. The molecule has 0 aromatic heterocycles. The zero-order valence-electron chi connectivity index (χ0n) is 23.5. The summed E-state index contributed by atoms with van der Waals surface area (Å²) in [4.78, 5) is 50.7. The lowest BCUT2D eigenvalue weighted by Gasteiger charge is -2.26. The van der Waals surface area contributed by atoms with Crippen LogP contribution >= 0.6 is 0 Å². The second kappa shape index (κ2) is 20.0. The molecule has 0 aliphatic rings. The van der Waals surface area contributed by atoms with Crippen molar-refractivity contribution >= 4 is 23.6 Å². The molecule has 0 saturated heterocycles. The Labute approximate surface area is 218 Å². The molecular formula is C27H52N4O5. The van der Waals surface area contributed by atoms with Crippen LogP contribution in [-0.4, -0.2) is 47.5 Å². The van der Waals surface area contributed by atoms with Crippen LogP contribution in [0.15, 0.2) is 0 Å². The van der Waals surface area contributed by atoms with Crippen molar-refractivity contribution in [2.75, 3.05) is 6.54 Å². The first-order chi connectivity index (χ1) is 17.0. The number of likely N-dealkylation sites (N-methyl/N-ethyl adjacent to an activating group) is 1. The predicted octanol–water partition coefficient (Wildman–Crippen LogP) is 3.84. The van der Waals surface area contributed by atoms with Gasteiger partial charge in [-0.2, -0.15) is 0 Å². The van der Waals surface area contributed by atoms with Gasteiger partial charge in [0.25, 0.3) is 0 Å². The number of hydrogen-bond donors (Lipinski definition) is 5. The average molecular weight is 513 g/mol. The van der Waals surface area contributed by atoms with E-state index < -0.39 is 29.8 Å². The minimum absolute atomic E-state index is 0.122. The van der Waals surface area contributed by atoms with Crippen LogP contribution in [0, 0.1) is 17.8 Å². The molecule has 9 nitrogen and oxygen atoms in total. The van der Waals surface area contributed by atoms with Crippen LogP contribution in [0.3, 0.4) is 0 Å². The van der Waals surface area contributed by atoms with Gasteiger partial charge >= 0.3 is 0 Å². The fraction of sp³-hybridized carbons (Fsp3) is 0.852. The summed E-state index contributed by atoms with van der Waals surface area (Å²) in [5, 5.41) is 17.4. The molecule has 0 unspecified atom stereocenters. The number of rotatable bonds is 20. The van der Waals surface area contributed by atoms with Gasteiger partial charge in [-0.05, 0) is 38.0 Å². The molecule has 0 aromatic carbocycles. The molecule has 5 N–H and O–H groups in total. The Bertz CT molecular complexity index is 654. The number of hydroxylamine groups is 1. The van der Waals surface area contributed by atoms with Gasteiger partial charge < -0.3 is 16.0 Å². The zero-order valence-corrected chi connectivity index (χ0v) is 23.5. The maximum Gasteiger partial charge on any atom is 0.244 e. The molecule has 0 heterocycles. The summed E-state index contributed by atoms with van der Waals surface area (Å²) in [6.45, 7) is 12.3. The third-order valence-corrected chi connectivity index (χ3v) is 6.11. The Kier molecular flexibility index (Phi) is 18.8. The van der Waals surface area contributed by atoms with Crippen LogP contribution in [0.25, 0.3) is 0 Å². The van der Waals surface area contributed by atoms with Crippen molar-refractivity contribution < 1.29 is 24.4 Å². The van der Waals surface area contributed by atoms with E-state index in [1.54, 1.807) is 5.48 Å². The molecule has 36 heavy (non-hydrogen) atoms. The third-order valence-electron chi connectivity index (χ3n) is 6.11. The number of nitrogens with one attached hydrogen (secondary N) is 4. The van der Waals surface area contributed by atoms with Gasteiger partial charge in [-0.15, -0.1) is 0 Å². The fourth-order valence-corrected chi connectivity index (χ4v) is 4.21. The zero-order chi connectivity index (χ0) is 27.5. The summed E-state index contributed by atoms with van der Waals surface area (Å²) < 4.78 is 0. The van der Waals surface area contributed by atoms with Crippen LogP contribution in [-0.2, 0) is 19.2 Å². The SMILES string of the molecule is CCCCCCCCC[C@H](CC(=O)NO)C(=O)N[C@@H](CC(C)C)C(=O)N[C@@H](CC(C)C)C(=O)NCC. The molecule has 0 bridgehead atoms. The van der Waals surface area contributed by atoms with Crippen molar-refractivity contribution in [2.24, 2.45) is 17.8 Å². The summed E-state index contributed by atoms with van der Waals surface area (Å²) >= 11 is 0. The van der Waals surface area contributed by atoms with Gasteiger partial charge in [-0.25, -0.2) is 5.48 Å². The number of carbonyl (C=O) groups is 4. The molecule has 0 radical (unpaired) electrons. The quantitative estimate of drug-likeness (QED) is 0.0959. The second-order valence-electron chi connectivity index (χ2n) is 10.6. The molecule has 0 aromatic rings. The third kappa shape index (κ3) is 15.8. The highest BCUT2D eigenvalue weighted by atomic mass is 16.5. The van der Waals surface area contributed by atoms with Crippen LogP contribution < -0.4 is 21.4 Å². The Hall–Kier alpha value is -2.16. The topological polar surface area (TPSA) is 137 Å².